The molecule has 0 saturated carbocycles. The van der Waals surface area contributed by atoms with Gasteiger partial charge in [-0.3, -0.25) is 4.79 Å². The van der Waals surface area contributed by atoms with Gasteiger partial charge in [0.05, 0.1) is 17.3 Å². The monoisotopic (exact) mass is 239 g/mol. The summed E-state index contributed by atoms with van der Waals surface area (Å²) in [5.41, 5.74) is 2.92. The molecule has 0 unspecified atom stereocenters. The van der Waals surface area contributed by atoms with Crippen molar-refractivity contribution in [2.24, 2.45) is 7.05 Å². The molecule has 0 aliphatic rings. The molecule has 0 bridgehead atoms. The van der Waals surface area contributed by atoms with E-state index in [1.165, 1.54) is 0 Å². The third-order valence-electron chi connectivity index (χ3n) is 3.10. The first-order chi connectivity index (χ1) is 8.54. The molecule has 1 heterocycles. The molecule has 1 aromatic heterocycles. The van der Waals surface area contributed by atoms with E-state index in [1.807, 2.05) is 27.0 Å². The predicted molar refractivity (Wildman–Crippen MR) is 67.3 cm³/mol. The predicted octanol–water partition coefficient (Wildman–Crippen LogP) is 2.14. The highest BCUT2D eigenvalue weighted by atomic mass is 16.1. The molecule has 2 rings (SSSR count). The third-order valence-corrected chi connectivity index (χ3v) is 3.10. The molecule has 4 nitrogen and oxygen atoms in total. The largest absolute Gasteiger partial charge is 0.328 e. The highest BCUT2D eigenvalue weighted by Gasteiger charge is 2.17. The van der Waals surface area contributed by atoms with Gasteiger partial charge in [0.15, 0.2) is 5.82 Å². The minimum atomic E-state index is -0.127. The van der Waals surface area contributed by atoms with Gasteiger partial charge >= 0.3 is 0 Å². The molecule has 0 atom stereocenters. The van der Waals surface area contributed by atoms with Crippen molar-refractivity contribution < 1.29 is 4.79 Å². The Morgan fingerprint density at radius 3 is 2.33 bits per heavy atom. The van der Waals surface area contributed by atoms with Crippen LogP contribution in [0, 0.1) is 25.2 Å². The minimum Gasteiger partial charge on any atom is -0.328 e. The maximum atomic E-state index is 12.3. The number of benzene rings is 1. The van der Waals surface area contributed by atoms with Crippen LogP contribution in [0.3, 0.4) is 0 Å². The van der Waals surface area contributed by atoms with Crippen molar-refractivity contribution in [3.8, 4) is 6.07 Å². The summed E-state index contributed by atoms with van der Waals surface area (Å²) < 4.78 is 1.79. The lowest BCUT2D eigenvalue weighted by molar-refractivity contribution is 0.102. The summed E-state index contributed by atoms with van der Waals surface area (Å²) in [5.74, 6) is 0.299. The lowest BCUT2D eigenvalue weighted by atomic mass is 10.1. The lowest BCUT2D eigenvalue weighted by Crippen LogP contribution is -2.09. The van der Waals surface area contributed by atoms with E-state index in [1.54, 1.807) is 28.8 Å². The Bertz CT molecular complexity index is 645. The Hall–Kier alpha value is -2.41. The van der Waals surface area contributed by atoms with Crippen LogP contribution in [0.2, 0.25) is 0 Å². The molecule has 0 amide bonds. The molecular formula is C14H13N3O. The fraction of sp³-hybridized carbons (Fsp3) is 0.214. The zero-order valence-electron chi connectivity index (χ0n) is 10.6. The number of rotatable bonds is 2. The van der Waals surface area contributed by atoms with Crippen LogP contribution in [0.1, 0.15) is 33.1 Å². The second-order valence-electron chi connectivity index (χ2n) is 4.18. The van der Waals surface area contributed by atoms with E-state index in [-0.39, 0.29) is 5.78 Å². The Labute approximate surface area is 106 Å². The zero-order chi connectivity index (χ0) is 13.3. The number of imidazole rings is 1. The quantitative estimate of drug-likeness (QED) is 0.754. The second kappa shape index (κ2) is 4.46. The molecule has 0 saturated heterocycles. The van der Waals surface area contributed by atoms with Crippen molar-refractivity contribution in [3.05, 3.63) is 52.6 Å². The third kappa shape index (κ3) is 1.91. The molecule has 18 heavy (non-hydrogen) atoms. The van der Waals surface area contributed by atoms with Crippen LogP contribution in [0.25, 0.3) is 0 Å². The highest BCUT2D eigenvalue weighted by molar-refractivity contribution is 6.06. The van der Waals surface area contributed by atoms with Crippen molar-refractivity contribution in [1.82, 2.24) is 9.55 Å². The summed E-state index contributed by atoms with van der Waals surface area (Å²) in [7, 11) is 1.83. The summed E-state index contributed by atoms with van der Waals surface area (Å²) in [6, 6.07) is 8.60. The number of carbonyl (C=O) groups excluding carboxylic acids is 1. The molecule has 0 aliphatic heterocycles. The molecule has 1 aromatic carbocycles. The standard InChI is InChI=1S/C14H13N3O/c1-9-10(2)17(3)14(16-9)13(18)12-6-4-11(8-15)5-7-12/h4-7H,1-3H3. The Balaban J connectivity index is 2.42. The molecule has 2 aromatic rings. The van der Waals surface area contributed by atoms with Gasteiger partial charge in [0.1, 0.15) is 0 Å². The SMILES string of the molecule is Cc1nc(C(=O)c2ccc(C#N)cc2)n(C)c1C. The van der Waals surface area contributed by atoms with E-state index in [0.29, 0.717) is 17.0 Å². The number of nitriles is 1. The van der Waals surface area contributed by atoms with E-state index >= 15 is 0 Å². The van der Waals surface area contributed by atoms with E-state index in [2.05, 4.69) is 4.98 Å². The summed E-state index contributed by atoms with van der Waals surface area (Å²) >= 11 is 0. The maximum absolute atomic E-state index is 12.3. The average molecular weight is 239 g/mol. The van der Waals surface area contributed by atoms with Gasteiger partial charge in [0, 0.05) is 18.3 Å². The normalized spacial score (nSPS) is 10.1. The molecule has 0 fully saturated rings. The van der Waals surface area contributed by atoms with Gasteiger partial charge in [-0.25, -0.2) is 4.98 Å². The van der Waals surface area contributed by atoms with Gasteiger partial charge < -0.3 is 4.57 Å². The average Bonchev–Trinajstić information content (AvgIpc) is 2.66. The topological polar surface area (TPSA) is 58.7 Å². The number of aryl methyl sites for hydroxylation is 1. The summed E-state index contributed by atoms with van der Waals surface area (Å²) in [5, 5.41) is 8.72. The fourth-order valence-electron chi connectivity index (χ4n) is 1.74. The van der Waals surface area contributed by atoms with Crippen LogP contribution >= 0.6 is 0 Å². The molecule has 4 heteroatoms. The van der Waals surface area contributed by atoms with Crippen LogP contribution in [0.5, 0.6) is 0 Å². The zero-order valence-corrected chi connectivity index (χ0v) is 10.6. The van der Waals surface area contributed by atoms with Crippen molar-refractivity contribution >= 4 is 5.78 Å². The Kier molecular flexibility index (Phi) is 2.99. The smallest absolute Gasteiger partial charge is 0.228 e. The fourth-order valence-corrected chi connectivity index (χ4v) is 1.74. The number of aromatic nitrogens is 2. The first-order valence-electron chi connectivity index (χ1n) is 5.59. The van der Waals surface area contributed by atoms with Gasteiger partial charge in [-0.15, -0.1) is 0 Å². The van der Waals surface area contributed by atoms with Gasteiger partial charge in [0.25, 0.3) is 0 Å². The van der Waals surface area contributed by atoms with Gasteiger partial charge in [-0.2, -0.15) is 5.26 Å². The van der Waals surface area contributed by atoms with Gasteiger partial charge in [-0.1, -0.05) is 0 Å². The van der Waals surface area contributed by atoms with E-state index < -0.39 is 0 Å². The van der Waals surface area contributed by atoms with Crippen LogP contribution in [-0.2, 0) is 7.05 Å². The van der Waals surface area contributed by atoms with Gasteiger partial charge in [-0.05, 0) is 38.1 Å². The van der Waals surface area contributed by atoms with E-state index in [0.717, 1.165) is 11.4 Å². The summed E-state index contributed by atoms with van der Waals surface area (Å²) in [6.45, 7) is 3.81. The Morgan fingerprint density at radius 2 is 1.89 bits per heavy atom. The van der Waals surface area contributed by atoms with Crippen LogP contribution in [0.15, 0.2) is 24.3 Å². The Morgan fingerprint density at radius 1 is 1.28 bits per heavy atom. The molecule has 90 valence electrons. The first-order valence-corrected chi connectivity index (χ1v) is 5.59. The van der Waals surface area contributed by atoms with Crippen molar-refractivity contribution in [2.45, 2.75) is 13.8 Å². The molecule has 0 aliphatic carbocycles. The van der Waals surface area contributed by atoms with E-state index in [9.17, 15) is 4.79 Å². The highest BCUT2D eigenvalue weighted by Crippen LogP contribution is 2.13. The molecular weight excluding hydrogens is 226 g/mol. The summed E-state index contributed by atoms with van der Waals surface area (Å²) in [4.78, 5) is 16.5. The summed E-state index contributed by atoms with van der Waals surface area (Å²) in [6.07, 6.45) is 0. The van der Waals surface area contributed by atoms with Crippen LogP contribution in [-0.4, -0.2) is 15.3 Å². The molecule has 0 radical (unpaired) electrons. The lowest BCUT2D eigenvalue weighted by Gasteiger charge is -2.02. The number of nitrogens with zero attached hydrogens (tertiary/aromatic N) is 3. The molecule has 0 spiro atoms. The van der Waals surface area contributed by atoms with Crippen molar-refractivity contribution in [1.29, 1.82) is 5.26 Å². The number of ketones is 1. The van der Waals surface area contributed by atoms with Crippen LogP contribution < -0.4 is 0 Å². The van der Waals surface area contributed by atoms with E-state index in [4.69, 9.17) is 5.26 Å². The first kappa shape index (κ1) is 12.1. The number of carbonyl (C=O) groups is 1. The van der Waals surface area contributed by atoms with Crippen LogP contribution in [0.4, 0.5) is 0 Å². The van der Waals surface area contributed by atoms with Gasteiger partial charge in [0.2, 0.25) is 5.78 Å². The minimum absolute atomic E-state index is 0.127. The second-order valence-corrected chi connectivity index (χ2v) is 4.18. The number of hydrogen-bond donors (Lipinski definition) is 0. The maximum Gasteiger partial charge on any atom is 0.228 e. The molecule has 0 N–H and O–H groups in total. The van der Waals surface area contributed by atoms with Crippen molar-refractivity contribution in [2.75, 3.05) is 0 Å². The van der Waals surface area contributed by atoms with Crippen molar-refractivity contribution in [3.63, 3.8) is 0 Å². The number of hydrogen-bond acceptors (Lipinski definition) is 3.